The first-order chi connectivity index (χ1) is 10.8. The van der Waals surface area contributed by atoms with E-state index in [1.54, 1.807) is 0 Å². The number of aromatic nitrogens is 2. The SMILES string of the molecule is Cc1nc(N2CCCCC2)cc(N2CCc3ccccc32)n1. The van der Waals surface area contributed by atoms with Crippen LogP contribution in [0.2, 0.25) is 0 Å². The molecule has 2 aliphatic rings. The maximum atomic E-state index is 4.70. The molecule has 1 aromatic carbocycles. The topological polar surface area (TPSA) is 32.3 Å². The number of anilines is 3. The van der Waals surface area contributed by atoms with Crippen LogP contribution in [0, 0.1) is 6.92 Å². The Morgan fingerprint density at radius 3 is 2.55 bits per heavy atom. The molecule has 2 aliphatic heterocycles. The highest BCUT2D eigenvalue weighted by Gasteiger charge is 2.22. The zero-order valence-corrected chi connectivity index (χ0v) is 13.1. The van der Waals surface area contributed by atoms with E-state index in [0.29, 0.717) is 0 Å². The molecule has 0 atom stereocenters. The van der Waals surface area contributed by atoms with E-state index in [4.69, 9.17) is 4.98 Å². The standard InChI is InChI=1S/C18H22N4/c1-14-19-17(21-10-5-2-6-11-21)13-18(20-14)22-12-9-15-7-3-4-8-16(15)22/h3-4,7-8,13H,2,5-6,9-12H2,1H3. The summed E-state index contributed by atoms with van der Waals surface area (Å²) in [6.45, 7) is 5.24. The maximum Gasteiger partial charge on any atom is 0.138 e. The third kappa shape index (κ3) is 2.43. The molecule has 114 valence electrons. The van der Waals surface area contributed by atoms with Crippen LogP contribution in [0.4, 0.5) is 17.3 Å². The largest absolute Gasteiger partial charge is 0.356 e. The Kier molecular flexibility index (Phi) is 3.45. The van der Waals surface area contributed by atoms with Crippen LogP contribution in [0.1, 0.15) is 30.7 Å². The predicted molar refractivity (Wildman–Crippen MR) is 90.0 cm³/mol. The second kappa shape index (κ2) is 5.59. The van der Waals surface area contributed by atoms with Crippen LogP contribution >= 0.6 is 0 Å². The maximum absolute atomic E-state index is 4.70. The number of rotatable bonds is 2. The van der Waals surface area contributed by atoms with E-state index >= 15 is 0 Å². The Balaban J connectivity index is 1.69. The summed E-state index contributed by atoms with van der Waals surface area (Å²) in [6.07, 6.45) is 4.97. The lowest BCUT2D eigenvalue weighted by Crippen LogP contribution is -2.30. The summed E-state index contributed by atoms with van der Waals surface area (Å²) in [6, 6.07) is 10.8. The van der Waals surface area contributed by atoms with Gasteiger partial charge < -0.3 is 9.80 Å². The van der Waals surface area contributed by atoms with Crippen LogP contribution in [-0.2, 0) is 6.42 Å². The number of fused-ring (bicyclic) bond motifs is 1. The summed E-state index contributed by atoms with van der Waals surface area (Å²) < 4.78 is 0. The van der Waals surface area contributed by atoms with Gasteiger partial charge in [0.2, 0.25) is 0 Å². The molecule has 4 nitrogen and oxygen atoms in total. The number of benzene rings is 1. The Labute approximate surface area is 131 Å². The molecule has 4 heteroatoms. The minimum atomic E-state index is 0.863. The molecule has 0 unspecified atom stereocenters. The van der Waals surface area contributed by atoms with Crippen molar-refractivity contribution < 1.29 is 0 Å². The first-order valence-electron chi connectivity index (χ1n) is 8.27. The van der Waals surface area contributed by atoms with Crippen LogP contribution in [0.25, 0.3) is 0 Å². The first-order valence-corrected chi connectivity index (χ1v) is 8.27. The molecule has 4 rings (SSSR count). The molecular formula is C18H22N4. The summed E-state index contributed by atoms with van der Waals surface area (Å²) >= 11 is 0. The fourth-order valence-electron chi connectivity index (χ4n) is 3.54. The molecular weight excluding hydrogens is 272 g/mol. The minimum absolute atomic E-state index is 0.863. The second-order valence-corrected chi connectivity index (χ2v) is 6.21. The van der Waals surface area contributed by atoms with E-state index in [1.165, 1.54) is 30.5 Å². The molecule has 0 amide bonds. The summed E-state index contributed by atoms with van der Waals surface area (Å²) in [5, 5.41) is 0. The number of para-hydroxylation sites is 1. The Morgan fingerprint density at radius 1 is 0.909 bits per heavy atom. The molecule has 0 N–H and O–H groups in total. The lowest BCUT2D eigenvalue weighted by molar-refractivity contribution is 0.572. The molecule has 0 radical (unpaired) electrons. The molecule has 1 saturated heterocycles. The van der Waals surface area contributed by atoms with E-state index in [1.807, 2.05) is 6.92 Å². The third-order valence-electron chi connectivity index (χ3n) is 4.65. The third-order valence-corrected chi connectivity index (χ3v) is 4.65. The summed E-state index contributed by atoms with van der Waals surface area (Å²) in [7, 11) is 0. The van der Waals surface area contributed by atoms with Gasteiger partial charge >= 0.3 is 0 Å². The monoisotopic (exact) mass is 294 g/mol. The molecule has 3 heterocycles. The summed E-state index contributed by atoms with van der Waals surface area (Å²) in [4.78, 5) is 14.1. The quantitative estimate of drug-likeness (QED) is 0.849. The van der Waals surface area contributed by atoms with Crippen LogP contribution in [0.15, 0.2) is 30.3 Å². The number of hydrogen-bond acceptors (Lipinski definition) is 4. The lowest BCUT2D eigenvalue weighted by Gasteiger charge is -2.29. The lowest BCUT2D eigenvalue weighted by atomic mass is 10.1. The molecule has 1 fully saturated rings. The van der Waals surface area contributed by atoms with Gasteiger partial charge in [-0.1, -0.05) is 18.2 Å². The van der Waals surface area contributed by atoms with Crippen molar-refractivity contribution in [2.45, 2.75) is 32.6 Å². The highest BCUT2D eigenvalue weighted by molar-refractivity contribution is 5.69. The normalized spacial score (nSPS) is 17.7. The Hall–Kier alpha value is -2.10. The molecule has 2 aromatic rings. The van der Waals surface area contributed by atoms with Gasteiger partial charge in [0.1, 0.15) is 17.5 Å². The highest BCUT2D eigenvalue weighted by Crippen LogP contribution is 2.34. The van der Waals surface area contributed by atoms with Crippen molar-refractivity contribution >= 4 is 17.3 Å². The van der Waals surface area contributed by atoms with Crippen molar-refractivity contribution in [2.24, 2.45) is 0 Å². The van der Waals surface area contributed by atoms with Crippen LogP contribution in [-0.4, -0.2) is 29.6 Å². The van der Waals surface area contributed by atoms with Gasteiger partial charge in [-0.3, -0.25) is 0 Å². The summed E-state index contributed by atoms with van der Waals surface area (Å²) in [5.41, 5.74) is 2.71. The minimum Gasteiger partial charge on any atom is -0.356 e. The average molecular weight is 294 g/mol. The van der Waals surface area contributed by atoms with Gasteiger partial charge in [0.05, 0.1) is 0 Å². The van der Waals surface area contributed by atoms with Gasteiger partial charge in [-0.05, 0) is 44.2 Å². The first kappa shape index (κ1) is 13.6. The van der Waals surface area contributed by atoms with Gasteiger partial charge in [0.15, 0.2) is 0 Å². The smallest absolute Gasteiger partial charge is 0.138 e. The number of piperidine rings is 1. The highest BCUT2D eigenvalue weighted by atomic mass is 15.2. The van der Waals surface area contributed by atoms with Crippen molar-refractivity contribution in [1.29, 1.82) is 0 Å². The van der Waals surface area contributed by atoms with Crippen LogP contribution in [0.3, 0.4) is 0 Å². The van der Waals surface area contributed by atoms with E-state index < -0.39 is 0 Å². The van der Waals surface area contributed by atoms with Gasteiger partial charge in [0, 0.05) is 31.4 Å². The van der Waals surface area contributed by atoms with Crippen molar-refractivity contribution in [3.8, 4) is 0 Å². The average Bonchev–Trinajstić information content (AvgIpc) is 2.99. The van der Waals surface area contributed by atoms with Gasteiger partial charge in [-0.25, -0.2) is 9.97 Å². The molecule has 0 spiro atoms. The zero-order valence-electron chi connectivity index (χ0n) is 13.1. The second-order valence-electron chi connectivity index (χ2n) is 6.21. The van der Waals surface area contributed by atoms with Crippen molar-refractivity contribution in [3.05, 3.63) is 41.7 Å². The van der Waals surface area contributed by atoms with E-state index in [0.717, 1.165) is 43.5 Å². The fourth-order valence-corrected chi connectivity index (χ4v) is 3.54. The zero-order chi connectivity index (χ0) is 14.9. The van der Waals surface area contributed by atoms with Crippen molar-refractivity contribution in [3.63, 3.8) is 0 Å². The fraction of sp³-hybridized carbons (Fsp3) is 0.444. The molecule has 22 heavy (non-hydrogen) atoms. The molecule has 0 aliphatic carbocycles. The molecule has 1 aromatic heterocycles. The Morgan fingerprint density at radius 2 is 1.68 bits per heavy atom. The van der Waals surface area contributed by atoms with E-state index in [2.05, 4.69) is 45.1 Å². The van der Waals surface area contributed by atoms with Crippen LogP contribution in [0.5, 0.6) is 0 Å². The van der Waals surface area contributed by atoms with Gasteiger partial charge in [-0.15, -0.1) is 0 Å². The number of hydrogen-bond donors (Lipinski definition) is 0. The van der Waals surface area contributed by atoms with Crippen LogP contribution < -0.4 is 9.80 Å². The van der Waals surface area contributed by atoms with E-state index in [9.17, 15) is 0 Å². The van der Waals surface area contributed by atoms with E-state index in [-0.39, 0.29) is 0 Å². The van der Waals surface area contributed by atoms with Gasteiger partial charge in [-0.2, -0.15) is 0 Å². The predicted octanol–water partition coefficient (Wildman–Crippen LogP) is 3.47. The molecule has 0 bridgehead atoms. The molecule has 0 saturated carbocycles. The number of aryl methyl sites for hydroxylation is 1. The van der Waals surface area contributed by atoms with Gasteiger partial charge in [0.25, 0.3) is 0 Å². The van der Waals surface area contributed by atoms with Crippen molar-refractivity contribution in [1.82, 2.24) is 9.97 Å². The summed E-state index contributed by atoms with van der Waals surface area (Å²) in [5.74, 6) is 2.99. The van der Waals surface area contributed by atoms with Crippen molar-refractivity contribution in [2.75, 3.05) is 29.4 Å². The number of nitrogens with zero attached hydrogens (tertiary/aromatic N) is 4. The Bertz CT molecular complexity index is 677.